The second-order valence-corrected chi connectivity index (χ2v) is 4.62. The SMILES string of the molecule is CCCC(O)C(=O)Cc1c(F)ccc(Br)c1F. The van der Waals surface area contributed by atoms with E-state index in [9.17, 15) is 18.7 Å². The number of carbonyl (C=O) groups excluding carboxylic acids is 1. The molecule has 1 unspecified atom stereocenters. The van der Waals surface area contributed by atoms with E-state index < -0.39 is 29.9 Å². The lowest BCUT2D eigenvalue weighted by molar-refractivity contribution is -0.126. The maximum atomic E-state index is 13.6. The number of aliphatic hydroxyl groups is 1. The largest absolute Gasteiger partial charge is 0.385 e. The van der Waals surface area contributed by atoms with Crippen LogP contribution in [0.5, 0.6) is 0 Å². The van der Waals surface area contributed by atoms with Gasteiger partial charge in [0.25, 0.3) is 0 Å². The molecule has 17 heavy (non-hydrogen) atoms. The Kier molecular flexibility index (Phi) is 5.21. The van der Waals surface area contributed by atoms with Crippen molar-refractivity contribution < 1.29 is 18.7 Å². The van der Waals surface area contributed by atoms with Crippen LogP contribution < -0.4 is 0 Å². The molecule has 0 aliphatic rings. The Hall–Kier alpha value is -0.810. The second kappa shape index (κ2) is 6.21. The molecule has 0 saturated carbocycles. The fourth-order valence-electron chi connectivity index (χ4n) is 1.46. The first-order valence-corrected chi connectivity index (χ1v) is 6.09. The normalized spacial score (nSPS) is 12.5. The van der Waals surface area contributed by atoms with Crippen LogP contribution in [0.4, 0.5) is 8.78 Å². The van der Waals surface area contributed by atoms with Crippen molar-refractivity contribution in [1.82, 2.24) is 0 Å². The van der Waals surface area contributed by atoms with E-state index in [1.807, 2.05) is 6.92 Å². The summed E-state index contributed by atoms with van der Waals surface area (Å²) in [6.07, 6.45) is -0.650. The zero-order valence-corrected chi connectivity index (χ0v) is 10.9. The van der Waals surface area contributed by atoms with Crippen molar-refractivity contribution in [3.8, 4) is 0 Å². The zero-order chi connectivity index (χ0) is 13.0. The summed E-state index contributed by atoms with van der Waals surface area (Å²) in [7, 11) is 0. The molecule has 1 aromatic rings. The minimum Gasteiger partial charge on any atom is -0.385 e. The van der Waals surface area contributed by atoms with Crippen LogP contribution in [0.2, 0.25) is 0 Å². The molecule has 0 saturated heterocycles. The van der Waals surface area contributed by atoms with Crippen LogP contribution >= 0.6 is 15.9 Å². The smallest absolute Gasteiger partial charge is 0.165 e. The van der Waals surface area contributed by atoms with Gasteiger partial charge in [-0.2, -0.15) is 0 Å². The van der Waals surface area contributed by atoms with E-state index in [-0.39, 0.29) is 10.0 Å². The van der Waals surface area contributed by atoms with E-state index in [1.165, 1.54) is 6.07 Å². The molecule has 0 aliphatic carbocycles. The third kappa shape index (κ3) is 3.57. The summed E-state index contributed by atoms with van der Waals surface area (Å²) in [5, 5.41) is 9.42. The summed E-state index contributed by atoms with van der Waals surface area (Å²) in [5.41, 5.74) is -0.306. The van der Waals surface area contributed by atoms with Gasteiger partial charge in [0.2, 0.25) is 0 Å². The van der Waals surface area contributed by atoms with E-state index >= 15 is 0 Å². The fraction of sp³-hybridized carbons (Fsp3) is 0.417. The fourth-order valence-corrected chi connectivity index (χ4v) is 1.83. The molecule has 0 amide bonds. The molecule has 0 fully saturated rings. The van der Waals surface area contributed by atoms with Gasteiger partial charge in [-0.1, -0.05) is 13.3 Å². The molecule has 1 aromatic carbocycles. The molecular formula is C12H13BrF2O2. The monoisotopic (exact) mass is 306 g/mol. The molecule has 94 valence electrons. The zero-order valence-electron chi connectivity index (χ0n) is 9.34. The highest BCUT2D eigenvalue weighted by Crippen LogP contribution is 2.22. The number of halogens is 3. The molecule has 0 bridgehead atoms. The minimum atomic E-state index is -1.15. The Morgan fingerprint density at radius 2 is 2.12 bits per heavy atom. The highest BCUT2D eigenvalue weighted by Gasteiger charge is 2.20. The van der Waals surface area contributed by atoms with Crippen LogP contribution in [0.15, 0.2) is 16.6 Å². The highest BCUT2D eigenvalue weighted by atomic mass is 79.9. The van der Waals surface area contributed by atoms with Crippen LogP contribution in [0.3, 0.4) is 0 Å². The Bertz CT molecular complexity index is 421. The van der Waals surface area contributed by atoms with Crippen LogP contribution in [-0.4, -0.2) is 17.0 Å². The van der Waals surface area contributed by atoms with Gasteiger partial charge in [0.05, 0.1) is 4.47 Å². The number of hydrogen-bond acceptors (Lipinski definition) is 2. The van der Waals surface area contributed by atoms with Crippen molar-refractivity contribution in [2.45, 2.75) is 32.3 Å². The van der Waals surface area contributed by atoms with E-state index in [2.05, 4.69) is 15.9 Å². The van der Waals surface area contributed by atoms with E-state index in [4.69, 9.17) is 0 Å². The number of aliphatic hydroxyl groups excluding tert-OH is 1. The molecular weight excluding hydrogens is 294 g/mol. The van der Waals surface area contributed by atoms with Crippen LogP contribution in [0.1, 0.15) is 25.3 Å². The molecule has 0 aliphatic heterocycles. The number of benzene rings is 1. The Balaban J connectivity index is 2.88. The van der Waals surface area contributed by atoms with Gasteiger partial charge in [-0.05, 0) is 34.5 Å². The third-order valence-electron chi connectivity index (χ3n) is 2.42. The molecule has 2 nitrogen and oxygen atoms in total. The van der Waals surface area contributed by atoms with Crippen molar-refractivity contribution in [3.05, 3.63) is 33.8 Å². The molecule has 0 heterocycles. The van der Waals surface area contributed by atoms with E-state index in [1.54, 1.807) is 0 Å². The summed E-state index contributed by atoms with van der Waals surface area (Å²) in [5.74, 6) is -2.13. The lowest BCUT2D eigenvalue weighted by Crippen LogP contribution is -2.23. The van der Waals surface area contributed by atoms with Crippen molar-refractivity contribution in [2.75, 3.05) is 0 Å². The minimum absolute atomic E-state index is 0.103. The molecule has 0 aromatic heterocycles. The summed E-state index contributed by atoms with van der Waals surface area (Å²) >= 11 is 2.92. The van der Waals surface area contributed by atoms with E-state index in [0.29, 0.717) is 12.8 Å². The van der Waals surface area contributed by atoms with Crippen LogP contribution in [0, 0.1) is 11.6 Å². The summed E-state index contributed by atoms with van der Waals surface area (Å²) in [6, 6.07) is 2.32. The molecule has 5 heteroatoms. The van der Waals surface area contributed by atoms with Gasteiger partial charge in [0, 0.05) is 12.0 Å². The highest BCUT2D eigenvalue weighted by molar-refractivity contribution is 9.10. The third-order valence-corrected chi connectivity index (χ3v) is 3.04. The average Bonchev–Trinajstić information content (AvgIpc) is 2.29. The summed E-state index contributed by atoms with van der Waals surface area (Å²) in [4.78, 5) is 11.5. The lowest BCUT2D eigenvalue weighted by Gasteiger charge is -2.10. The predicted molar refractivity (Wildman–Crippen MR) is 63.7 cm³/mol. The maximum absolute atomic E-state index is 13.6. The number of ketones is 1. The van der Waals surface area contributed by atoms with Gasteiger partial charge in [0.1, 0.15) is 17.7 Å². The Morgan fingerprint density at radius 1 is 1.47 bits per heavy atom. The predicted octanol–water partition coefficient (Wildman–Crippen LogP) is 3.00. The topological polar surface area (TPSA) is 37.3 Å². The van der Waals surface area contributed by atoms with Gasteiger partial charge in [-0.15, -0.1) is 0 Å². The van der Waals surface area contributed by atoms with Gasteiger partial charge < -0.3 is 5.11 Å². The lowest BCUT2D eigenvalue weighted by atomic mass is 10.0. The first kappa shape index (κ1) is 14.3. The van der Waals surface area contributed by atoms with E-state index in [0.717, 1.165) is 6.07 Å². The van der Waals surface area contributed by atoms with Crippen molar-refractivity contribution >= 4 is 21.7 Å². The first-order valence-electron chi connectivity index (χ1n) is 5.30. The number of Topliss-reactive ketones (excluding diaryl/α,β-unsaturated/α-hetero) is 1. The van der Waals surface area contributed by atoms with Crippen LogP contribution in [-0.2, 0) is 11.2 Å². The Labute approximate surface area is 107 Å². The first-order chi connectivity index (χ1) is 7.97. The molecule has 1 N–H and O–H groups in total. The quantitative estimate of drug-likeness (QED) is 0.849. The molecule has 0 radical (unpaired) electrons. The summed E-state index contributed by atoms with van der Waals surface area (Å²) < 4.78 is 27.0. The van der Waals surface area contributed by atoms with Crippen molar-refractivity contribution in [2.24, 2.45) is 0 Å². The Morgan fingerprint density at radius 3 is 2.71 bits per heavy atom. The van der Waals surface area contributed by atoms with Crippen LogP contribution in [0.25, 0.3) is 0 Å². The maximum Gasteiger partial charge on any atom is 0.165 e. The van der Waals surface area contributed by atoms with Crippen molar-refractivity contribution in [3.63, 3.8) is 0 Å². The average molecular weight is 307 g/mol. The van der Waals surface area contributed by atoms with Gasteiger partial charge in [-0.25, -0.2) is 8.78 Å². The molecule has 1 atom stereocenters. The summed E-state index contributed by atoms with van der Waals surface area (Å²) in [6.45, 7) is 1.82. The number of rotatable bonds is 5. The molecule has 1 rings (SSSR count). The second-order valence-electron chi connectivity index (χ2n) is 3.77. The number of carbonyl (C=O) groups is 1. The van der Waals surface area contributed by atoms with Gasteiger partial charge in [-0.3, -0.25) is 4.79 Å². The van der Waals surface area contributed by atoms with Gasteiger partial charge in [0.15, 0.2) is 5.78 Å². The number of hydrogen-bond donors (Lipinski definition) is 1. The molecule has 0 spiro atoms. The van der Waals surface area contributed by atoms with Crippen molar-refractivity contribution in [1.29, 1.82) is 0 Å². The standard InChI is InChI=1S/C12H13BrF2O2/c1-2-3-10(16)11(17)6-7-9(14)5-4-8(13)12(7)15/h4-5,10,16H,2-3,6H2,1H3. The van der Waals surface area contributed by atoms with Gasteiger partial charge >= 0.3 is 0 Å².